The molecule has 1 unspecified atom stereocenters. The van der Waals surface area contributed by atoms with E-state index in [2.05, 4.69) is 23.7 Å². The van der Waals surface area contributed by atoms with E-state index < -0.39 is 0 Å². The molecule has 1 rings (SSSR count). The van der Waals surface area contributed by atoms with E-state index in [1.54, 1.807) is 0 Å². The largest absolute Gasteiger partial charge is 0.395 e. The van der Waals surface area contributed by atoms with Crippen molar-refractivity contribution in [2.45, 2.75) is 24.5 Å². The third-order valence-electron chi connectivity index (χ3n) is 2.27. The molecule has 1 saturated heterocycles. The fourth-order valence-electron chi connectivity index (χ4n) is 1.56. The van der Waals surface area contributed by atoms with E-state index in [-0.39, 0.29) is 6.61 Å². The molecule has 1 N–H and O–H groups in total. The molecule has 1 aliphatic rings. The first-order valence-electron chi connectivity index (χ1n) is 4.74. The van der Waals surface area contributed by atoms with Crippen LogP contribution < -0.4 is 0 Å². The summed E-state index contributed by atoms with van der Waals surface area (Å²) in [7, 11) is 2.09. The van der Waals surface area contributed by atoms with Crippen LogP contribution in [0.1, 0.15) is 19.3 Å². The lowest BCUT2D eigenvalue weighted by atomic mass is 10.2. The molecular formula is C9H19NOS. The third-order valence-corrected chi connectivity index (χ3v) is 3.65. The molecule has 0 bridgehead atoms. The Hall–Kier alpha value is 0.270. The van der Waals surface area contributed by atoms with Crippen molar-refractivity contribution < 1.29 is 5.11 Å². The van der Waals surface area contributed by atoms with Crippen LogP contribution in [0.5, 0.6) is 0 Å². The fraction of sp³-hybridized carbons (Fsp3) is 1.00. The summed E-state index contributed by atoms with van der Waals surface area (Å²) in [6, 6.07) is 0. The van der Waals surface area contributed by atoms with E-state index >= 15 is 0 Å². The second-order valence-corrected chi connectivity index (χ2v) is 4.88. The summed E-state index contributed by atoms with van der Waals surface area (Å²) in [5, 5.41) is 9.53. The Labute approximate surface area is 79.3 Å². The normalized spacial score (nSPS) is 24.8. The van der Waals surface area contributed by atoms with Crippen LogP contribution in [-0.4, -0.2) is 47.8 Å². The molecule has 3 heteroatoms. The fourth-order valence-corrected chi connectivity index (χ4v) is 2.96. The Bertz CT molecular complexity index is 115. The van der Waals surface area contributed by atoms with Crippen molar-refractivity contribution in [3.63, 3.8) is 0 Å². The molecule has 12 heavy (non-hydrogen) atoms. The van der Waals surface area contributed by atoms with Gasteiger partial charge in [0.1, 0.15) is 0 Å². The summed E-state index contributed by atoms with van der Waals surface area (Å²) in [6.45, 7) is 2.25. The Kier molecular flexibility index (Phi) is 5.04. The average molecular weight is 189 g/mol. The van der Waals surface area contributed by atoms with Crippen molar-refractivity contribution in [2.75, 3.05) is 32.5 Å². The van der Waals surface area contributed by atoms with E-state index in [4.69, 9.17) is 5.11 Å². The van der Waals surface area contributed by atoms with E-state index in [9.17, 15) is 0 Å². The topological polar surface area (TPSA) is 23.5 Å². The molecule has 2 nitrogen and oxygen atoms in total. The average Bonchev–Trinajstić information content (AvgIpc) is 2.06. The predicted molar refractivity (Wildman–Crippen MR) is 54.7 cm³/mol. The maximum Gasteiger partial charge on any atom is 0.0558 e. The number of aliphatic hydroxyl groups excluding tert-OH is 1. The van der Waals surface area contributed by atoms with Crippen molar-refractivity contribution in [1.29, 1.82) is 0 Å². The van der Waals surface area contributed by atoms with Gasteiger partial charge in [-0.05, 0) is 25.6 Å². The molecule has 0 saturated carbocycles. The predicted octanol–water partition coefficient (Wildman–Crippen LogP) is 1.20. The van der Waals surface area contributed by atoms with E-state index in [1.165, 1.54) is 25.0 Å². The van der Waals surface area contributed by atoms with E-state index in [0.29, 0.717) is 0 Å². The maximum atomic E-state index is 8.72. The standard InChI is InChI=1S/C9H19NOS/c1-10(5-6-11)8-9-4-2-3-7-12-9/h9,11H,2-8H2,1H3. The minimum absolute atomic E-state index is 0.286. The highest BCUT2D eigenvalue weighted by molar-refractivity contribution is 7.99. The molecule has 0 aliphatic carbocycles. The smallest absolute Gasteiger partial charge is 0.0558 e. The van der Waals surface area contributed by atoms with Gasteiger partial charge in [-0.15, -0.1) is 0 Å². The molecule has 72 valence electrons. The summed E-state index contributed by atoms with van der Waals surface area (Å²) in [6.07, 6.45) is 4.15. The van der Waals surface area contributed by atoms with Gasteiger partial charge in [-0.2, -0.15) is 11.8 Å². The molecule has 0 radical (unpaired) electrons. The van der Waals surface area contributed by atoms with Crippen molar-refractivity contribution in [1.82, 2.24) is 4.90 Å². The third kappa shape index (κ3) is 3.78. The Morgan fingerprint density at radius 3 is 2.92 bits per heavy atom. The quantitative estimate of drug-likeness (QED) is 0.719. The van der Waals surface area contributed by atoms with Crippen molar-refractivity contribution in [3.05, 3.63) is 0 Å². The molecule has 1 heterocycles. The van der Waals surface area contributed by atoms with Gasteiger partial charge in [-0.1, -0.05) is 6.42 Å². The lowest BCUT2D eigenvalue weighted by Crippen LogP contribution is -2.31. The minimum Gasteiger partial charge on any atom is -0.395 e. The molecule has 0 aromatic heterocycles. The number of rotatable bonds is 4. The number of likely N-dealkylation sites (N-methyl/N-ethyl adjacent to an activating group) is 1. The highest BCUT2D eigenvalue weighted by Gasteiger charge is 2.15. The zero-order valence-electron chi connectivity index (χ0n) is 7.83. The molecule has 0 aromatic carbocycles. The summed E-state index contributed by atoms with van der Waals surface area (Å²) >= 11 is 2.09. The highest BCUT2D eigenvalue weighted by Crippen LogP contribution is 2.25. The van der Waals surface area contributed by atoms with Crippen LogP contribution in [0.3, 0.4) is 0 Å². The van der Waals surface area contributed by atoms with Crippen LogP contribution in [-0.2, 0) is 0 Å². The molecule has 1 atom stereocenters. The molecule has 1 fully saturated rings. The van der Waals surface area contributed by atoms with E-state index in [0.717, 1.165) is 18.3 Å². The van der Waals surface area contributed by atoms with Gasteiger partial charge in [-0.25, -0.2) is 0 Å². The summed E-state index contributed by atoms with van der Waals surface area (Å²) in [5.41, 5.74) is 0. The van der Waals surface area contributed by atoms with Gasteiger partial charge in [0.25, 0.3) is 0 Å². The first-order chi connectivity index (χ1) is 5.83. The molecular weight excluding hydrogens is 170 g/mol. The van der Waals surface area contributed by atoms with Gasteiger partial charge in [0.05, 0.1) is 6.61 Å². The maximum absolute atomic E-state index is 8.72. The van der Waals surface area contributed by atoms with Gasteiger partial charge >= 0.3 is 0 Å². The molecule has 0 amide bonds. The lowest BCUT2D eigenvalue weighted by Gasteiger charge is -2.25. The van der Waals surface area contributed by atoms with Gasteiger partial charge in [0.2, 0.25) is 0 Å². The lowest BCUT2D eigenvalue weighted by molar-refractivity contribution is 0.220. The van der Waals surface area contributed by atoms with Gasteiger partial charge in [-0.3, -0.25) is 0 Å². The summed E-state index contributed by atoms with van der Waals surface area (Å²) in [4.78, 5) is 2.23. The first-order valence-corrected chi connectivity index (χ1v) is 5.79. The van der Waals surface area contributed by atoms with Gasteiger partial charge < -0.3 is 10.0 Å². The number of hydrogen-bond donors (Lipinski definition) is 1. The van der Waals surface area contributed by atoms with Crippen LogP contribution in [0.25, 0.3) is 0 Å². The van der Waals surface area contributed by atoms with Crippen LogP contribution in [0.15, 0.2) is 0 Å². The summed E-state index contributed by atoms with van der Waals surface area (Å²) in [5.74, 6) is 1.33. The van der Waals surface area contributed by atoms with Crippen molar-refractivity contribution >= 4 is 11.8 Å². The van der Waals surface area contributed by atoms with Gasteiger partial charge in [0, 0.05) is 18.3 Å². The van der Waals surface area contributed by atoms with Crippen molar-refractivity contribution in [3.8, 4) is 0 Å². The van der Waals surface area contributed by atoms with Crippen LogP contribution in [0.4, 0.5) is 0 Å². The second-order valence-electron chi connectivity index (χ2n) is 3.47. The van der Waals surface area contributed by atoms with Crippen LogP contribution in [0, 0.1) is 0 Å². The Morgan fingerprint density at radius 2 is 2.33 bits per heavy atom. The highest BCUT2D eigenvalue weighted by atomic mass is 32.2. The number of nitrogens with zero attached hydrogens (tertiary/aromatic N) is 1. The second kappa shape index (κ2) is 5.84. The molecule has 1 aliphatic heterocycles. The zero-order valence-corrected chi connectivity index (χ0v) is 8.65. The van der Waals surface area contributed by atoms with Crippen LogP contribution in [0.2, 0.25) is 0 Å². The Balaban J connectivity index is 2.11. The van der Waals surface area contributed by atoms with Crippen LogP contribution >= 0.6 is 11.8 Å². The zero-order chi connectivity index (χ0) is 8.81. The minimum atomic E-state index is 0.286. The SMILES string of the molecule is CN(CCO)CC1CCCCS1. The first kappa shape index (κ1) is 10.4. The Morgan fingerprint density at radius 1 is 1.50 bits per heavy atom. The molecule has 0 aromatic rings. The summed E-state index contributed by atoms with van der Waals surface area (Å²) < 4.78 is 0. The van der Waals surface area contributed by atoms with Crippen molar-refractivity contribution in [2.24, 2.45) is 0 Å². The number of aliphatic hydroxyl groups is 1. The number of hydrogen-bond acceptors (Lipinski definition) is 3. The number of thioether (sulfide) groups is 1. The monoisotopic (exact) mass is 189 g/mol. The van der Waals surface area contributed by atoms with E-state index in [1.807, 2.05) is 0 Å². The molecule has 0 spiro atoms. The van der Waals surface area contributed by atoms with Gasteiger partial charge in [0.15, 0.2) is 0 Å².